The number of anilines is 1. The third kappa shape index (κ3) is 3.56. The first-order chi connectivity index (χ1) is 12.2. The molecular formula is C18H23N3O4. The van der Waals surface area contributed by atoms with E-state index in [4.69, 9.17) is 9.47 Å². The molecule has 0 saturated carbocycles. The highest BCUT2D eigenvalue weighted by atomic mass is 16.6. The summed E-state index contributed by atoms with van der Waals surface area (Å²) in [5.41, 5.74) is 0.698. The predicted molar refractivity (Wildman–Crippen MR) is 91.8 cm³/mol. The third-order valence-corrected chi connectivity index (χ3v) is 5.12. The van der Waals surface area contributed by atoms with E-state index in [0.29, 0.717) is 49.9 Å². The third-order valence-electron chi connectivity index (χ3n) is 5.12. The van der Waals surface area contributed by atoms with Gasteiger partial charge in [0.05, 0.1) is 6.54 Å². The second kappa shape index (κ2) is 6.92. The normalized spacial score (nSPS) is 25.7. The number of rotatable bonds is 3. The van der Waals surface area contributed by atoms with Crippen molar-refractivity contribution in [2.24, 2.45) is 0 Å². The van der Waals surface area contributed by atoms with Crippen LogP contribution < -0.4 is 20.1 Å². The molecule has 2 amide bonds. The fraction of sp³-hybridized carbons (Fsp3) is 0.556. The maximum atomic E-state index is 12.5. The van der Waals surface area contributed by atoms with Crippen molar-refractivity contribution >= 4 is 17.5 Å². The summed E-state index contributed by atoms with van der Waals surface area (Å²) in [5.74, 6) is 1.39. The van der Waals surface area contributed by atoms with Crippen molar-refractivity contribution in [1.82, 2.24) is 10.2 Å². The number of carbonyl (C=O) groups is 2. The van der Waals surface area contributed by atoms with Crippen molar-refractivity contribution < 1.29 is 19.1 Å². The van der Waals surface area contributed by atoms with Gasteiger partial charge in [0.15, 0.2) is 11.5 Å². The Labute approximate surface area is 146 Å². The molecule has 2 N–H and O–H groups in total. The van der Waals surface area contributed by atoms with Crippen LogP contribution in [0.25, 0.3) is 0 Å². The average molecular weight is 345 g/mol. The van der Waals surface area contributed by atoms with Crippen molar-refractivity contribution in [3.8, 4) is 11.5 Å². The number of amides is 2. The van der Waals surface area contributed by atoms with E-state index in [1.807, 2.05) is 12.1 Å². The lowest BCUT2D eigenvalue weighted by molar-refractivity contribution is -0.122. The standard InChI is InChI=1S/C18H23N3O4/c22-17-9-13-2-1-3-14(10-19-17)21(13)11-18(23)20-12-4-5-15-16(8-12)25-7-6-24-15/h4-5,8,13-14H,1-3,6-7,9-11H2,(H,19,22)(H,20,23). The largest absolute Gasteiger partial charge is 0.486 e. The first-order valence-electron chi connectivity index (χ1n) is 8.91. The molecule has 25 heavy (non-hydrogen) atoms. The van der Waals surface area contributed by atoms with Gasteiger partial charge in [-0.3, -0.25) is 14.5 Å². The van der Waals surface area contributed by atoms with Gasteiger partial charge < -0.3 is 20.1 Å². The molecule has 2 bridgehead atoms. The molecule has 2 unspecified atom stereocenters. The minimum atomic E-state index is -0.0667. The average Bonchev–Trinajstić information content (AvgIpc) is 2.69. The van der Waals surface area contributed by atoms with Crippen LogP contribution in [0, 0.1) is 0 Å². The highest BCUT2D eigenvalue weighted by Crippen LogP contribution is 2.32. The Kier molecular flexibility index (Phi) is 4.48. The molecular weight excluding hydrogens is 322 g/mol. The summed E-state index contributed by atoms with van der Waals surface area (Å²) in [7, 11) is 0. The lowest BCUT2D eigenvalue weighted by Crippen LogP contribution is -2.50. The van der Waals surface area contributed by atoms with Gasteiger partial charge in [0.2, 0.25) is 11.8 Å². The lowest BCUT2D eigenvalue weighted by Gasteiger charge is -2.39. The fourth-order valence-electron chi connectivity index (χ4n) is 3.92. The SMILES string of the molecule is O=C1CC2CCCC(CN1)N2CC(=O)Nc1ccc2c(c1)OCCO2. The summed E-state index contributed by atoms with van der Waals surface area (Å²) < 4.78 is 11.0. The Balaban J connectivity index is 1.42. The van der Waals surface area contributed by atoms with Gasteiger partial charge in [0.25, 0.3) is 0 Å². The smallest absolute Gasteiger partial charge is 0.238 e. The molecule has 2 atom stereocenters. The van der Waals surface area contributed by atoms with E-state index in [9.17, 15) is 9.59 Å². The minimum Gasteiger partial charge on any atom is -0.486 e. The van der Waals surface area contributed by atoms with Gasteiger partial charge in [-0.15, -0.1) is 0 Å². The van der Waals surface area contributed by atoms with Crippen LogP contribution in [0.5, 0.6) is 11.5 Å². The van der Waals surface area contributed by atoms with Gasteiger partial charge in [-0.2, -0.15) is 0 Å². The number of hydrogen-bond donors (Lipinski definition) is 2. The van der Waals surface area contributed by atoms with E-state index in [1.165, 1.54) is 0 Å². The van der Waals surface area contributed by atoms with E-state index in [0.717, 1.165) is 19.3 Å². The minimum absolute atomic E-state index is 0.0667. The molecule has 3 heterocycles. The van der Waals surface area contributed by atoms with Gasteiger partial charge in [0, 0.05) is 36.8 Å². The Hall–Kier alpha value is -2.28. The van der Waals surface area contributed by atoms with Gasteiger partial charge in [-0.05, 0) is 25.0 Å². The summed E-state index contributed by atoms with van der Waals surface area (Å²) in [6, 6.07) is 5.83. The van der Waals surface area contributed by atoms with Crippen LogP contribution in [-0.4, -0.2) is 55.1 Å². The van der Waals surface area contributed by atoms with Crippen molar-refractivity contribution in [3.05, 3.63) is 18.2 Å². The van der Waals surface area contributed by atoms with Crippen molar-refractivity contribution in [2.45, 2.75) is 37.8 Å². The monoisotopic (exact) mass is 345 g/mol. The highest BCUT2D eigenvalue weighted by molar-refractivity contribution is 5.92. The number of hydrogen-bond acceptors (Lipinski definition) is 5. The highest BCUT2D eigenvalue weighted by Gasteiger charge is 2.35. The van der Waals surface area contributed by atoms with Crippen LogP contribution >= 0.6 is 0 Å². The fourth-order valence-corrected chi connectivity index (χ4v) is 3.92. The summed E-state index contributed by atoms with van der Waals surface area (Å²) in [6.07, 6.45) is 3.59. The van der Waals surface area contributed by atoms with Crippen LogP contribution in [0.4, 0.5) is 5.69 Å². The number of carbonyl (C=O) groups excluding carboxylic acids is 2. The van der Waals surface area contributed by atoms with E-state index >= 15 is 0 Å². The second-order valence-electron chi connectivity index (χ2n) is 6.83. The van der Waals surface area contributed by atoms with Crippen molar-refractivity contribution in [2.75, 3.05) is 31.6 Å². The molecule has 7 nitrogen and oxygen atoms in total. The van der Waals surface area contributed by atoms with Crippen molar-refractivity contribution in [1.29, 1.82) is 0 Å². The van der Waals surface area contributed by atoms with E-state index in [-0.39, 0.29) is 23.9 Å². The van der Waals surface area contributed by atoms with Gasteiger partial charge >= 0.3 is 0 Å². The molecule has 0 aliphatic carbocycles. The molecule has 7 heteroatoms. The molecule has 0 spiro atoms. The molecule has 2 saturated heterocycles. The number of nitrogens with one attached hydrogen (secondary N) is 2. The van der Waals surface area contributed by atoms with Crippen LogP contribution in [0.2, 0.25) is 0 Å². The summed E-state index contributed by atoms with van der Waals surface area (Å²) in [5, 5.41) is 5.90. The van der Waals surface area contributed by atoms with Crippen LogP contribution in [0.15, 0.2) is 18.2 Å². The first-order valence-corrected chi connectivity index (χ1v) is 8.91. The zero-order valence-electron chi connectivity index (χ0n) is 14.1. The molecule has 0 aromatic heterocycles. The van der Waals surface area contributed by atoms with Crippen LogP contribution in [0.3, 0.4) is 0 Å². The molecule has 2 fully saturated rings. The Morgan fingerprint density at radius 3 is 2.88 bits per heavy atom. The number of nitrogens with zero attached hydrogens (tertiary/aromatic N) is 1. The number of piperidine rings is 1. The van der Waals surface area contributed by atoms with Crippen LogP contribution in [0.1, 0.15) is 25.7 Å². The van der Waals surface area contributed by atoms with Crippen molar-refractivity contribution in [3.63, 3.8) is 0 Å². The summed E-state index contributed by atoms with van der Waals surface area (Å²) in [6.45, 7) is 2.00. The van der Waals surface area contributed by atoms with E-state index in [1.54, 1.807) is 6.07 Å². The molecule has 4 rings (SSSR count). The quantitative estimate of drug-likeness (QED) is 0.859. The number of benzene rings is 1. The predicted octanol–water partition coefficient (Wildman–Crippen LogP) is 1.14. The van der Waals surface area contributed by atoms with Gasteiger partial charge in [0.1, 0.15) is 13.2 Å². The number of fused-ring (bicyclic) bond motifs is 3. The summed E-state index contributed by atoms with van der Waals surface area (Å²) >= 11 is 0. The number of ether oxygens (including phenoxy) is 2. The maximum Gasteiger partial charge on any atom is 0.238 e. The molecule has 0 radical (unpaired) electrons. The van der Waals surface area contributed by atoms with Gasteiger partial charge in [-0.1, -0.05) is 6.42 Å². The van der Waals surface area contributed by atoms with E-state index < -0.39 is 0 Å². The molecule has 134 valence electrons. The summed E-state index contributed by atoms with van der Waals surface area (Å²) in [4.78, 5) is 26.6. The maximum absolute atomic E-state index is 12.5. The zero-order valence-corrected chi connectivity index (χ0v) is 14.1. The van der Waals surface area contributed by atoms with Crippen LogP contribution in [-0.2, 0) is 9.59 Å². The lowest BCUT2D eigenvalue weighted by atomic mass is 9.94. The molecule has 1 aromatic carbocycles. The Morgan fingerprint density at radius 1 is 1.20 bits per heavy atom. The molecule has 3 aliphatic rings. The Morgan fingerprint density at radius 2 is 2.00 bits per heavy atom. The first kappa shape index (κ1) is 16.2. The molecule has 3 aliphatic heterocycles. The van der Waals surface area contributed by atoms with E-state index in [2.05, 4.69) is 15.5 Å². The molecule has 1 aromatic rings. The van der Waals surface area contributed by atoms with Gasteiger partial charge in [-0.25, -0.2) is 0 Å². The Bertz CT molecular complexity index is 678. The zero-order chi connectivity index (χ0) is 17.2. The topological polar surface area (TPSA) is 79.9 Å². The second-order valence-corrected chi connectivity index (χ2v) is 6.83.